The van der Waals surface area contributed by atoms with Crippen LogP contribution >= 0.6 is 0 Å². The predicted octanol–water partition coefficient (Wildman–Crippen LogP) is 2.46. The molecular formula is C12H17F3N2. The zero-order valence-electron chi connectivity index (χ0n) is 9.93. The molecular weight excluding hydrogens is 229 g/mol. The molecule has 0 saturated carbocycles. The summed E-state index contributed by atoms with van der Waals surface area (Å²) in [5.41, 5.74) is 8.39. The second-order valence-electron chi connectivity index (χ2n) is 4.07. The Bertz CT molecular complexity index is 375. The molecule has 0 bridgehead atoms. The third-order valence-corrected chi connectivity index (χ3v) is 2.81. The van der Waals surface area contributed by atoms with Crippen molar-refractivity contribution in [1.29, 1.82) is 0 Å². The molecule has 2 nitrogen and oxygen atoms in total. The maximum atomic E-state index is 12.1. The zero-order valence-corrected chi connectivity index (χ0v) is 9.93. The molecule has 0 spiro atoms. The second-order valence-corrected chi connectivity index (χ2v) is 4.07. The maximum Gasteiger partial charge on any atom is 0.401 e. The number of aryl methyl sites for hydroxylation is 1. The summed E-state index contributed by atoms with van der Waals surface area (Å²) in [5.74, 6) is 0. The summed E-state index contributed by atoms with van der Waals surface area (Å²) >= 11 is 0. The van der Waals surface area contributed by atoms with E-state index in [4.69, 9.17) is 5.73 Å². The van der Waals surface area contributed by atoms with Crippen molar-refractivity contribution in [2.75, 3.05) is 13.1 Å². The molecule has 0 fully saturated rings. The molecule has 0 aliphatic rings. The van der Waals surface area contributed by atoms with Gasteiger partial charge < -0.3 is 11.1 Å². The molecule has 5 heteroatoms. The van der Waals surface area contributed by atoms with Crippen LogP contribution in [0.15, 0.2) is 18.2 Å². The summed E-state index contributed by atoms with van der Waals surface area (Å²) in [6, 6.07) is 5.10. The minimum atomic E-state index is -4.22. The van der Waals surface area contributed by atoms with Crippen molar-refractivity contribution in [3.63, 3.8) is 0 Å². The van der Waals surface area contributed by atoms with E-state index in [9.17, 15) is 13.2 Å². The van der Waals surface area contributed by atoms with E-state index in [0.29, 0.717) is 0 Å². The van der Waals surface area contributed by atoms with Gasteiger partial charge in [0.15, 0.2) is 0 Å². The first-order chi connectivity index (χ1) is 7.85. The Labute approximate surface area is 99.0 Å². The Morgan fingerprint density at radius 3 is 2.47 bits per heavy atom. The van der Waals surface area contributed by atoms with E-state index in [-0.39, 0.29) is 6.54 Å². The topological polar surface area (TPSA) is 38.0 Å². The Balaban J connectivity index is 2.83. The van der Waals surface area contributed by atoms with Crippen molar-refractivity contribution in [1.82, 2.24) is 5.32 Å². The summed E-state index contributed by atoms with van der Waals surface area (Å²) in [5, 5.41) is 2.44. The molecule has 0 saturated heterocycles. The number of halogens is 3. The summed E-state index contributed by atoms with van der Waals surface area (Å²) in [6.45, 7) is 2.93. The molecule has 0 radical (unpaired) electrons. The van der Waals surface area contributed by atoms with Gasteiger partial charge in [0, 0.05) is 12.6 Å². The number of benzene rings is 1. The molecule has 1 aromatic rings. The van der Waals surface area contributed by atoms with Gasteiger partial charge in [-0.3, -0.25) is 0 Å². The molecule has 0 aromatic heterocycles. The predicted molar refractivity (Wildman–Crippen MR) is 61.8 cm³/mol. The number of nitrogens with two attached hydrogens (primary N) is 1. The van der Waals surface area contributed by atoms with Crippen LogP contribution in [0.25, 0.3) is 0 Å². The highest BCUT2D eigenvalue weighted by Gasteiger charge is 2.28. The highest BCUT2D eigenvalue weighted by Crippen LogP contribution is 2.21. The maximum absolute atomic E-state index is 12.1. The molecule has 0 heterocycles. The molecule has 3 N–H and O–H groups in total. The van der Waals surface area contributed by atoms with Crippen LogP contribution in [-0.2, 0) is 0 Å². The van der Waals surface area contributed by atoms with Crippen LogP contribution in [0.4, 0.5) is 13.2 Å². The highest BCUT2D eigenvalue weighted by molar-refractivity contribution is 5.35. The quantitative estimate of drug-likeness (QED) is 0.856. The molecule has 96 valence electrons. The van der Waals surface area contributed by atoms with Crippen LogP contribution in [0, 0.1) is 13.8 Å². The van der Waals surface area contributed by atoms with E-state index in [1.54, 1.807) is 0 Å². The number of hydrogen-bond acceptors (Lipinski definition) is 2. The SMILES string of the molecule is Cc1cccc(C(CN)NCC(F)(F)F)c1C. The number of rotatable bonds is 4. The van der Waals surface area contributed by atoms with Gasteiger partial charge in [0.05, 0.1) is 6.54 Å². The van der Waals surface area contributed by atoms with Crippen molar-refractivity contribution in [2.45, 2.75) is 26.1 Å². The van der Waals surface area contributed by atoms with Crippen LogP contribution < -0.4 is 11.1 Å². The van der Waals surface area contributed by atoms with Gasteiger partial charge in [-0.05, 0) is 30.5 Å². The Hall–Kier alpha value is -1.07. The Morgan fingerprint density at radius 1 is 1.29 bits per heavy atom. The lowest BCUT2D eigenvalue weighted by molar-refractivity contribution is -0.126. The van der Waals surface area contributed by atoms with Gasteiger partial charge in [-0.2, -0.15) is 13.2 Å². The number of alkyl halides is 3. The normalized spacial score (nSPS) is 13.8. The largest absolute Gasteiger partial charge is 0.401 e. The second kappa shape index (κ2) is 5.51. The van der Waals surface area contributed by atoms with Crippen LogP contribution in [0.1, 0.15) is 22.7 Å². The molecule has 1 unspecified atom stereocenters. The first-order valence-corrected chi connectivity index (χ1v) is 5.41. The zero-order chi connectivity index (χ0) is 13.1. The van der Waals surface area contributed by atoms with Gasteiger partial charge in [-0.1, -0.05) is 18.2 Å². The van der Waals surface area contributed by atoms with E-state index in [0.717, 1.165) is 16.7 Å². The Kier molecular flexibility index (Phi) is 4.54. The number of hydrogen-bond donors (Lipinski definition) is 2. The standard InChI is InChI=1S/C12H17F3N2/c1-8-4-3-5-10(9(8)2)11(6-16)17-7-12(13,14)15/h3-5,11,17H,6-7,16H2,1-2H3. The van der Waals surface area contributed by atoms with E-state index in [1.165, 1.54) is 0 Å². The molecule has 1 rings (SSSR count). The van der Waals surface area contributed by atoms with Gasteiger partial charge in [0.1, 0.15) is 0 Å². The van der Waals surface area contributed by atoms with Crippen LogP contribution in [0.2, 0.25) is 0 Å². The smallest absolute Gasteiger partial charge is 0.329 e. The van der Waals surface area contributed by atoms with Gasteiger partial charge in [-0.15, -0.1) is 0 Å². The van der Waals surface area contributed by atoms with E-state index >= 15 is 0 Å². The summed E-state index contributed by atoms with van der Waals surface area (Å²) in [6.07, 6.45) is -4.22. The van der Waals surface area contributed by atoms with Crippen molar-refractivity contribution < 1.29 is 13.2 Å². The fourth-order valence-corrected chi connectivity index (χ4v) is 1.71. The van der Waals surface area contributed by atoms with Gasteiger partial charge in [-0.25, -0.2) is 0 Å². The fourth-order valence-electron chi connectivity index (χ4n) is 1.71. The lowest BCUT2D eigenvalue weighted by atomic mass is 9.97. The van der Waals surface area contributed by atoms with E-state index < -0.39 is 18.8 Å². The van der Waals surface area contributed by atoms with E-state index in [1.807, 2.05) is 32.0 Å². The third-order valence-electron chi connectivity index (χ3n) is 2.81. The van der Waals surface area contributed by atoms with Gasteiger partial charge >= 0.3 is 6.18 Å². The fraction of sp³-hybridized carbons (Fsp3) is 0.500. The minimum absolute atomic E-state index is 0.139. The van der Waals surface area contributed by atoms with Gasteiger partial charge in [0.2, 0.25) is 0 Å². The Morgan fingerprint density at radius 2 is 1.94 bits per heavy atom. The molecule has 1 atom stereocenters. The molecule has 0 amide bonds. The summed E-state index contributed by atoms with van der Waals surface area (Å²) in [4.78, 5) is 0. The monoisotopic (exact) mass is 246 g/mol. The first kappa shape index (κ1) is 14.0. The minimum Gasteiger partial charge on any atom is -0.329 e. The van der Waals surface area contributed by atoms with Crippen LogP contribution in [0.5, 0.6) is 0 Å². The molecule has 0 aliphatic heterocycles. The first-order valence-electron chi connectivity index (χ1n) is 5.41. The van der Waals surface area contributed by atoms with Crippen molar-refractivity contribution in [2.24, 2.45) is 5.73 Å². The van der Waals surface area contributed by atoms with Gasteiger partial charge in [0.25, 0.3) is 0 Å². The molecule has 17 heavy (non-hydrogen) atoms. The van der Waals surface area contributed by atoms with Crippen molar-refractivity contribution in [3.05, 3.63) is 34.9 Å². The molecule has 0 aliphatic carbocycles. The van der Waals surface area contributed by atoms with Crippen molar-refractivity contribution in [3.8, 4) is 0 Å². The highest BCUT2D eigenvalue weighted by atomic mass is 19.4. The average molecular weight is 246 g/mol. The van der Waals surface area contributed by atoms with Crippen LogP contribution in [0.3, 0.4) is 0 Å². The summed E-state index contributed by atoms with van der Waals surface area (Å²) < 4.78 is 36.4. The summed E-state index contributed by atoms with van der Waals surface area (Å²) in [7, 11) is 0. The third kappa shape index (κ3) is 4.02. The van der Waals surface area contributed by atoms with Crippen LogP contribution in [-0.4, -0.2) is 19.3 Å². The van der Waals surface area contributed by atoms with E-state index in [2.05, 4.69) is 5.32 Å². The average Bonchev–Trinajstić information content (AvgIpc) is 2.23. The number of nitrogens with one attached hydrogen (secondary N) is 1. The van der Waals surface area contributed by atoms with Crippen molar-refractivity contribution >= 4 is 0 Å². The lowest BCUT2D eigenvalue weighted by Crippen LogP contribution is -2.36. The molecule has 1 aromatic carbocycles. The lowest BCUT2D eigenvalue weighted by Gasteiger charge is -2.21.